The van der Waals surface area contributed by atoms with E-state index in [1.165, 1.54) is 66.4 Å². The average Bonchev–Trinajstić information content (AvgIpc) is 4.01. The molecule has 2 nitrogen and oxygen atoms in total. The molecule has 14 rings (SSSR count). The maximum Gasteiger partial charge on any atom is 0.136 e. The van der Waals surface area contributed by atoms with Gasteiger partial charge >= 0.3 is 0 Å². The number of nitrogens with zero attached hydrogens (tertiary/aromatic N) is 1. The second kappa shape index (κ2) is 17.4. The molecular weight excluding hydrogens is 883 g/mol. The molecule has 0 radical (unpaired) electrons. The van der Waals surface area contributed by atoms with Crippen molar-refractivity contribution < 1.29 is 4.42 Å². The molecule has 1 aliphatic rings. The van der Waals surface area contributed by atoms with E-state index in [2.05, 4.69) is 284 Å². The van der Waals surface area contributed by atoms with Gasteiger partial charge in [0, 0.05) is 27.6 Å². The highest BCUT2D eigenvalue weighted by molar-refractivity contribution is 6.13. The van der Waals surface area contributed by atoms with Crippen LogP contribution in [0.5, 0.6) is 0 Å². The number of furan rings is 1. The molecule has 1 aliphatic carbocycles. The summed E-state index contributed by atoms with van der Waals surface area (Å²) in [5, 5.41) is 4.64. The van der Waals surface area contributed by atoms with Crippen LogP contribution in [0.2, 0.25) is 0 Å². The number of benzene rings is 12. The van der Waals surface area contributed by atoms with Gasteiger partial charge in [0.05, 0.1) is 16.8 Å². The van der Waals surface area contributed by atoms with E-state index in [1.807, 2.05) is 6.07 Å². The van der Waals surface area contributed by atoms with Crippen molar-refractivity contribution in [1.82, 2.24) is 0 Å². The van der Waals surface area contributed by atoms with Gasteiger partial charge < -0.3 is 9.32 Å². The Balaban J connectivity index is 1.05. The Hall–Kier alpha value is -9.50. The lowest BCUT2D eigenvalue weighted by Crippen LogP contribution is -2.28. The van der Waals surface area contributed by atoms with Crippen molar-refractivity contribution in [1.29, 1.82) is 0 Å². The van der Waals surface area contributed by atoms with Gasteiger partial charge in [-0.15, -0.1) is 0 Å². The summed E-state index contributed by atoms with van der Waals surface area (Å²) in [6, 6.07) is 104. The lowest BCUT2D eigenvalue weighted by atomic mass is 9.67. The molecule has 12 aromatic carbocycles. The van der Waals surface area contributed by atoms with Crippen molar-refractivity contribution in [2.45, 2.75) is 5.41 Å². The van der Waals surface area contributed by atoms with Crippen molar-refractivity contribution in [3.8, 4) is 55.6 Å². The first-order chi connectivity index (χ1) is 36.3. The van der Waals surface area contributed by atoms with E-state index in [9.17, 15) is 0 Å². The molecule has 0 saturated heterocycles. The molecule has 0 aliphatic heterocycles. The minimum atomic E-state index is -0.539. The molecule has 0 saturated carbocycles. The second-order valence-corrected chi connectivity index (χ2v) is 19.0. The minimum Gasteiger partial charge on any atom is -0.456 e. The summed E-state index contributed by atoms with van der Waals surface area (Å²) in [4.78, 5) is 2.51. The molecule has 0 spiro atoms. The van der Waals surface area contributed by atoms with Gasteiger partial charge in [-0.25, -0.2) is 0 Å². The number of fused-ring (bicyclic) bond motifs is 7. The monoisotopic (exact) mass is 929 g/mol. The molecule has 1 aromatic heterocycles. The topological polar surface area (TPSA) is 16.4 Å². The number of para-hydroxylation sites is 3. The number of rotatable bonds is 9. The van der Waals surface area contributed by atoms with Gasteiger partial charge in [-0.3, -0.25) is 0 Å². The van der Waals surface area contributed by atoms with Crippen molar-refractivity contribution in [3.63, 3.8) is 0 Å². The van der Waals surface area contributed by atoms with Gasteiger partial charge in [0.1, 0.15) is 11.2 Å². The molecule has 0 amide bonds. The maximum absolute atomic E-state index is 6.46. The normalized spacial score (nSPS) is 12.5. The van der Waals surface area contributed by atoms with Crippen LogP contribution in [-0.4, -0.2) is 0 Å². The predicted octanol–water partition coefficient (Wildman–Crippen LogP) is 19.2. The van der Waals surface area contributed by atoms with Gasteiger partial charge in [-0.1, -0.05) is 249 Å². The van der Waals surface area contributed by atoms with Crippen LogP contribution < -0.4 is 4.90 Å². The predicted molar refractivity (Wildman–Crippen MR) is 305 cm³/mol. The van der Waals surface area contributed by atoms with Crippen LogP contribution in [0, 0.1) is 0 Å². The summed E-state index contributed by atoms with van der Waals surface area (Å²) in [5.41, 5.74) is 21.2. The van der Waals surface area contributed by atoms with Crippen LogP contribution in [-0.2, 0) is 5.41 Å². The fraction of sp³-hybridized carbons (Fsp3) is 0.0141. The first-order valence-corrected chi connectivity index (χ1v) is 25.2. The van der Waals surface area contributed by atoms with Crippen molar-refractivity contribution in [3.05, 3.63) is 307 Å². The molecule has 13 aromatic rings. The number of hydrogen-bond donors (Lipinski definition) is 0. The zero-order valence-corrected chi connectivity index (χ0v) is 40.0. The number of anilines is 3. The molecule has 0 unspecified atom stereocenters. The highest BCUT2D eigenvalue weighted by Gasteiger charge is 2.47. The van der Waals surface area contributed by atoms with E-state index >= 15 is 0 Å². The van der Waals surface area contributed by atoms with E-state index in [0.29, 0.717) is 0 Å². The average molecular weight is 930 g/mol. The summed E-state index contributed by atoms with van der Waals surface area (Å²) < 4.78 is 6.46. The smallest absolute Gasteiger partial charge is 0.136 e. The van der Waals surface area contributed by atoms with Crippen LogP contribution >= 0.6 is 0 Å². The Morgan fingerprint density at radius 1 is 0.301 bits per heavy atom. The molecule has 2 heteroatoms. The third-order valence-electron chi connectivity index (χ3n) is 15.2. The molecule has 0 atom stereocenters. The number of hydrogen-bond acceptors (Lipinski definition) is 2. The Morgan fingerprint density at radius 3 is 1.51 bits per heavy atom. The molecule has 0 fully saturated rings. The van der Waals surface area contributed by atoms with Crippen LogP contribution in [0.25, 0.3) is 88.3 Å². The zero-order chi connectivity index (χ0) is 48.3. The van der Waals surface area contributed by atoms with E-state index in [4.69, 9.17) is 4.42 Å². The summed E-state index contributed by atoms with van der Waals surface area (Å²) in [6.45, 7) is 0. The Bertz CT molecular complexity index is 4160. The van der Waals surface area contributed by atoms with E-state index in [1.54, 1.807) is 0 Å². The molecule has 0 bridgehead atoms. The van der Waals surface area contributed by atoms with E-state index < -0.39 is 5.41 Å². The summed E-state index contributed by atoms with van der Waals surface area (Å²) in [5.74, 6) is 0. The lowest BCUT2D eigenvalue weighted by Gasteiger charge is -2.34. The largest absolute Gasteiger partial charge is 0.456 e. The summed E-state index contributed by atoms with van der Waals surface area (Å²) in [7, 11) is 0. The summed E-state index contributed by atoms with van der Waals surface area (Å²) >= 11 is 0. The van der Waals surface area contributed by atoms with E-state index in [-0.39, 0.29) is 0 Å². The van der Waals surface area contributed by atoms with Crippen LogP contribution in [0.1, 0.15) is 22.3 Å². The highest BCUT2D eigenvalue weighted by atomic mass is 16.3. The molecule has 0 N–H and O–H groups in total. The minimum absolute atomic E-state index is 0.539. The SMILES string of the molecule is c1ccc(-c2cccc3cccc(-c4ccccc4N(c4cccc(-c5cccc6oc7ccccc7c56)c4)c4ccccc4-c4cccc5c4-c4ccccc4C5(c4ccccc4)c4ccccc4)c23)cc1. The summed E-state index contributed by atoms with van der Waals surface area (Å²) in [6.07, 6.45) is 0. The van der Waals surface area contributed by atoms with Crippen molar-refractivity contribution in [2.24, 2.45) is 0 Å². The molecule has 73 heavy (non-hydrogen) atoms. The van der Waals surface area contributed by atoms with Crippen molar-refractivity contribution in [2.75, 3.05) is 4.90 Å². The third kappa shape index (κ3) is 6.72. The van der Waals surface area contributed by atoms with Gasteiger partial charge in [0.15, 0.2) is 0 Å². The van der Waals surface area contributed by atoms with Gasteiger partial charge in [-0.2, -0.15) is 0 Å². The first kappa shape index (κ1) is 42.4. The standard InChI is InChI=1S/C71H47NO/c1-4-23-48(24-5-1)54-37-19-25-49-26-20-39-58(68(49)54)56-33-11-15-43-64(56)72(53-32-18-27-50(47-53)55-38-22-46-67-70(55)61-36-13-17-45-66(61)73-67)65-44-16-12-34-57(65)59-40-21-42-63-69(59)60-35-10-14-41-62(60)71(63,51-28-6-2-7-29-51)52-30-8-3-9-31-52/h1-47H. The van der Waals surface area contributed by atoms with E-state index in [0.717, 1.165) is 61.3 Å². The van der Waals surface area contributed by atoms with Crippen LogP contribution in [0.15, 0.2) is 290 Å². The fourth-order valence-corrected chi connectivity index (χ4v) is 12.2. The maximum atomic E-state index is 6.46. The van der Waals surface area contributed by atoms with Gasteiger partial charge in [-0.05, 0) is 114 Å². The van der Waals surface area contributed by atoms with Crippen LogP contribution in [0.4, 0.5) is 17.1 Å². The fourth-order valence-electron chi connectivity index (χ4n) is 12.2. The lowest BCUT2D eigenvalue weighted by molar-refractivity contribution is 0.669. The van der Waals surface area contributed by atoms with Crippen LogP contribution in [0.3, 0.4) is 0 Å². The molecule has 1 heterocycles. The molecular formula is C71H47NO. The second-order valence-electron chi connectivity index (χ2n) is 19.0. The Labute approximate surface area is 425 Å². The van der Waals surface area contributed by atoms with Gasteiger partial charge in [0.25, 0.3) is 0 Å². The Kier molecular flexibility index (Phi) is 10.1. The highest BCUT2D eigenvalue weighted by Crippen LogP contribution is 2.59. The first-order valence-electron chi connectivity index (χ1n) is 25.2. The Morgan fingerprint density at radius 2 is 0.781 bits per heavy atom. The molecule has 342 valence electrons. The van der Waals surface area contributed by atoms with Crippen molar-refractivity contribution >= 4 is 49.8 Å². The third-order valence-corrected chi connectivity index (χ3v) is 15.2. The zero-order valence-electron chi connectivity index (χ0n) is 40.0. The quantitative estimate of drug-likeness (QED) is 0.143. The van der Waals surface area contributed by atoms with Gasteiger partial charge in [0.2, 0.25) is 0 Å².